The molecule has 0 aromatic heterocycles. The molecule has 0 N–H and O–H groups in total. The molecule has 1 aliphatic heterocycles. The summed E-state index contributed by atoms with van der Waals surface area (Å²) in [6, 6.07) is 1.28. The molecule has 1 heterocycles. The summed E-state index contributed by atoms with van der Waals surface area (Å²) in [6.07, 6.45) is 0. The van der Waals surface area contributed by atoms with Gasteiger partial charge in [-0.25, -0.2) is 8.78 Å². The third kappa shape index (κ3) is 1.60. The Morgan fingerprint density at radius 2 is 1.75 bits per heavy atom. The predicted molar refractivity (Wildman–Crippen MR) is 50.2 cm³/mol. The van der Waals surface area contributed by atoms with Gasteiger partial charge in [0, 0.05) is 0 Å². The van der Waals surface area contributed by atoms with E-state index in [-0.39, 0.29) is 24.6 Å². The van der Waals surface area contributed by atoms with Crippen molar-refractivity contribution in [2.45, 2.75) is 0 Å². The molecule has 2 rings (SSSR count). The van der Waals surface area contributed by atoms with Crippen molar-refractivity contribution in [3.05, 3.63) is 33.9 Å². The second-order valence-corrected chi connectivity index (χ2v) is 3.41. The van der Waals surface area contributed by atoms with Crippen LogP contribution in [0.3, 0.4) is 0 Å². The van der Waals surface area contributed by atoms with Crippen LogP contribution in [0.25, 0.3) is 0 Å². The largest absolute Gasteiger partial charge is 0.352 e. The van der Waals surface area contributed by atoms with Crippen molar-refractivity contribution in [2.24, 2.45) is 0 Å². The third-order valence-corrected chi connectivity index (χ3v) is 2.26. The molecule has 1 fully saturated rings. The molecule has 5 nitrogen and oxygen atoms in total. The van der Waals surface area contributed by atoms with E-state index in [0.29, 0.717) is 12.1 Å². The lowest BCUT2D eigenvalue weighted by Crippen LogP contribution is -2.48. The number of carbonyl (C=O) groups excluding carboxylic acids is 1. The number of rotatable bonds is 2. The van der Waals surface area contributed by atoms with Crippen molar-refractivity contribution in [2.75, 3.05) is 18.0 Å². The molecule has 1 aliphatic rings. The number of nitro benzene ring substituents is 1. The first kappa shape index (κ1) is 10.5. The van der Waals surface area contributed by atoms with Crippen LogP contribution < -0.4 is 4.90 Å². The Labute approximate surface area is 88.4 Å². The summed E-state index contributed by atoms with van der Waals surface area (Å²) in [5, 5.41) is 10.3. The van der Waals surface area contributed by atoms with Gasteiger partial charge in [-0.15, -0.1) is 0 Å². The molecule has 0 atom stereocenters. The number of ketones is 1. The number of nitro groups is 1. The first-order chi connectivity index (χ1) is 7.49. The van der Waals surface area contributed by atoms with E-state index in [1.54, 1.807) is 0 Å². The highest BCUT2D eigenvalue weighted by atomic mass is 19.1. The molecule has 84 valence electrons. The summed E-state index contributed by atoms with van der Waals surface area (Å²) < 4.78 is 26.7. The van der Waals surface area contributed by atoms with Crippen molar-refractivity contribution < 1.29 is 18.5 Å². The third-order valence-electron chi connectivity index (χ3n) is 2.26. The standard InChI is InChI=1S/C9H6F2N2O3/c10-7-1-5(13(15)16)2-8(11)9(7)12-3-6(14)4-12/h1-2H,3-4H2. The van der Waals surface area contributed by atoms with Gasteiger partial charge in [-0.1, -0.05) is 0 Å². The van der Waals surface area contributed by atoms with E-state index in [2.05, 4.69) is 0 Å². The van der Waals surface area contributed by atoms with Crippen molar-refractivity contribution in [3.8, 4) is 0 Å². The Hall–Kier alpha value is -2.05. The second-order valence-electron chi connectivity index (χ2n) is 3.41. The molecule has 7 heteroatoms. The predicted octanol–water partition coefficient (Wildman–Crippen LogP) is 1.26. The zero-order chi connectivity index (χ0) is 11.9. The monoisotopic (exact) mass is 228 g/mol. The van der Waals surface area contributed by atoms with E-state index < -0.39 is 22.2 Å². The summed E-state index contributed by atoms with van der Waals surface area (Å²) in [4.78, 5) is 21.3. The van der Waals surface area contributed by atoms with Crippen LogP contribution in [-0.2, 0) is 4.79 Å². The fourth-order valence-corrected chi connectivity index (χ4v) is 1.50. The van der Waals surface area contributed by atoms with Crippen molar-refractivity contribution in [1.82, 2.24) is 0 Å². The number of benzene rings is 1. The van der Waals surface area contributed by atoms with E-state index in [0.717, 1.165) is 0 Å². The highest BCUT2D eigenvalue weighted by molar-refractivity contribution is 5.95. The van der Waals surface area contributed by atoms with Crippen molar-refractivity contribution in [3.63, 3.8) is 0 Å². The minimum atomic E-state index is -1.03. The van der Waals surface area contributed by atoms with E-state index in [1.807, 2.05) is 0 Å². The molecule has 1 aromatic carbocycles. The average molecular weight is 228 g/mol. The first-order valence-corrected chi connectivity index (χ1v) is 4.39. The van der Waals surface area contributed by atoms with Crippen LogP contribution in [0, 0.1) is 21.7 Å². The molecule has 0 bridgehead atoms. The van der Waals surface area contributed by atoms with Gasteiger partial charge < -0.3 is 4.90 Å². The summed E-state index contributed by atoms with van der Waals surface area (Å²) in [5.41, 5.74) is -1.03. The van der Waals surface area contributed by atoms with E-state index in [4.69, 9.17) is 0 Å². The fourth-order valence-electron chi connectivity index (χ4n) is 1.50. The number of carbonyl (C=O) groups is 1. The number of non-ortho nitro benzene ring substituents is 1. The lowest BCUT2D eigenvalue weighted by atomic mass is 10.1. The highest BCUT2D eigenvalue weighted by Crippen LogP contribution is 2.29. The number of hydrogen-bond acceptors (Lipinski definition) is 4. The molecule has 0 amide bonds. The van der Waals surface area contributed by atoms with Crippen LogP contribution in [0.2, 0.25) is 0 Å². The van der Waals surface area contributed by atoms with Gasteiger partial charge in [0.05, 0.1) is 30.1 Å². The zero-order valence-electron chi connectivity index (χ0n) is 7.94. The molecule has 1 aromatic rings. The maximum Gasteiger partial charge on any atom is 0.275 e. The molecular formula is C9H6F2N2O3. The Kier molecular flexibility index (Phi) is 2.30. The number of anilines is 1. The summed E-state index contributed by atoms with van der Waals surface area (Å²) in [7, 11) is 0. The van der Waals surface area contributed by atoms with Crippen LogP contribution >= 0.6 is 0 Å². The van der Waals surface area contributed by atoms with Crippen LogP contribution in [-0.4, -0.2) is 23.8 Å². The Bertz CT molecular complexity index is 459. The zero-order valence-corrected chi connectivity index (χ0v) is 7.94. The van der Waals surface area contributed by atoms with Crippen LogP contribution in [0.15, 0.2) is 12.1 Å². The minimum absolute atomic E-state index is 0.0638. The first-order valence-electron chi connectivity index (χ1n) is 4.39. The summed E-state index contributed by atoms with van der Waals surface area (Å²) >= 11 is 0. The quantitative estimate of drug-likeness (QED) is 0.564. The van der Waals surface area contributed by atoms with Crippen LogP contribution in [0.1, 0.15) is 0 Å². The maximum absolute atomic E-state index is 13.4. The van der Waals surface area contributed by atoms with Gasteiger partial charge in [0.1, 0.15) is 5.69 Å². The SMILES string of the molecule is O=C1CN(c2c(F)cc([N+](=O)[O-])cc2F)C1. The smallest absolute Gasteiger partial charge is 0.275 e. The number of Topliss-reactive ketones (excluding diaryl/α,β-unsaturated/α-hetero) is 1. The maximum atomic E-state index is 13.4. The van der Waals surface area contributed by atoms with Crippen LogP contribution in [0.5, 0.6) is 0 Å². The lowest BCUT2D eigenvalue weighted by molar-refractivity contribution is -0.385. The van der Waals surface area contributed by atoms with Gasteiger partial charge in [-0.3, -0.25) is 14.9 Å². The van der Waals surface area contributed by atoms with Gasteiger partial charge in [0.15, 0.2) is 17.4 Å². The van der Waals surface area contributed by atoms with Gasteiger partial charge >= 0.3 is 0 Å². The Morgan fingerprint density at radius 3 is 2.12 bits per heavy atom. The van der Waals surface area contributed by atoms with E-state index >= 15 is 0 Å². The van der Waals surface area contributed by atoms with Gasteiger partial charge in [0.25, 0.3) is 5.69 Å². The molecule has 1 saturated heterocycles. The minimum Gasteiger partial charge on any atom is -0.352 e. The van der Waals surface area contributed by atoms with Gasteiger partial charge in [-0.05, 0) is 0 Å². The topological polar surface area (TPSA) is 63.5 Å². The molecular weight excluding hydrogens is 222 g/mol. The molecule has 0 spiro atoms. The van der Waals surface area contributed by atoms with Crippen LogP contribution in [0.4, 0.5) is 20.2 Å². The van der Waals surface area contributed by atoms with Gasteiger partial charge in [0.2, 0.25) is 0 Å². The highest BCUT2D eigenvalue weighted by Gasteiger charge is 2.30. The summed E-state index contributed by atoms with van der Waals surface area (Å²) in [5.74, 6) is -2.18. The number of nitrogens with zero attached hydrogens (tertiary/aromatic N) is 2. The van der Waals surface area contributed by atoms with E-state index in [9.17, 15) is 23.7 Å². The van der Waals surface area contributed by atoms with Gasteiger partial charge in [-0.2, -0.15) is 0 Å². The molecule has 0 radical (unpaired) electrons. The van der Waals surface area contributed by atoms with E-state index in [1.165, 1.54) is 4.90 Å². The normalized spacial score (nSPS) is 14.9. The molecule has 0 saturated carbocycles. The Morgan fingerprint density at radius 1 is 1.25 bits per heavy atom. The number of halogens is 2. The summed E-state index contributed by atoms with van der Waals surface area (Å²) in [6.45, 7) is -0.128. The van der Waals surface area contributed by atoms with Crippen molar-refractivity contribution >= 4 is 17.2 Å². The van der Waals surface area contributed by atoms with Crippen molar-refractivity contribution in [1.29, 1.82) is 0 Å². The molecule has 0 aliphatic carbocycles. The average Bonchev–Trinajstić information content (AvgIpc) is 2.13. The lowest BCUT2D eigenvalue weighted by Gasteiger charge is -2.31. The number of hydrogen-bond donors (Lipinski definition) is 0. The fraction of sp³-hybridized carbons (Fsp3) is 0.222. The Balaban J connectivity index is 2.40. The molecule has 16 heavy (non-hydrogen) atoms. The second kappa shape index (κ2) is 3.51. The molecule has 0 unspecified atom stereocenters.